The van der Waals surface area contributed by atoms with Crippen molar-refractivity contribution in [3.8, 4) is 11.9 Å². The topological polar surface area (TPSA) is 80.5 Å². The van der Waals surface area contributed by atoms with E-state index in [0.717, 1.165) is 0 Å². The molecule has 0 amide bonds. The molecular formula is C9H7N5. The van der Waals surface area contributed by atoms with E-state index in [-0.39, 0.29) is 0 Å². The third-order valence-electron chi connectivity index (χ3n) is 1.70. The summed E-state index contributed by atoms with van der Waals surface area (Å²) in [5, 5.41) is 12.6. The Morgan fingerprint density at radius 1 is 1.43 bits per heavy atom. The van der Waals surface area contributed by atoms with Crippen LogP contribution < -0.4 is 5.73 Å². The van der Waals surface area contributed by atoms with E-state index in [1.54, 1.807) is 24.4 Å². The zero-order valence-corrected chi connectivity index (χ0v) is 7.25. The molecule has 0 saturated heterocycles. The van der Waals surface area contributed by atoms with Gasteiger partial charge in [0.05, 0.1) is 18.0 Å². The fourth-order valence-electron chi connectivity index (χ4n) is 1.07. The van der Waals surface area contributed by atoms with E-state index < -0.39 is 0 Å². The van der Waals surface area contributed by atoms with Crippen molar-refractivity contribution in [3.05, 3.63) is 36.2 Å². The zero-order chi connectivity index (χ0) is 9.97. The van der Waals surface area contributed by atoms with Gasteiger partial charge in [-0.3, -0.25) is 0 Å². The van der Waals surface area contributed by atoms with Gasteiger partial charge in [-0.25, -0.2) is 9.67 Å². The molecule has 0 radical (unpaired) electrons. The average molecular weight is 185 g/mol. The number of aromatic nitrogens is 3. The van der Waals surface area contributed by atoms with Gasteiger partial charge in [-0.2, -0.15) is 10.4 Å². The highest BCUT2D eigenvalue weighted by Gasteiger charge is 2.00. The van der Waals surface area contributed by atoms with E-state index >= 15 is 0 Å². The summed E-state index contributed by atoms with van der Waals surface area (Å²) in [6, 6.07) is 7.23. The molecule has 0 aliphatic heterocycles. The van der Waals surface area contributed by atoms with Gasteiger partial charge in [0.15, 0.2) is 5.82 Å². The predicted molar refractivity (Wildman–Crippen MR) is 50.5 cm³/mol. The van der Waals surface area contributed by atoms with Crippen molar-refractivity contribution in [1.29, 1.82) is 5.26 Å². The molecule has 5 heteroatoms. The number of rotatable bonds is 1. The number of nitriles is 1. The minimum atomic E-state index is 0.427. The number of nitrogen functional groups attached to an aromatic ring is 1. The lowest BCUT2D eigenvalue weighted by molar-refractivity contribution is 0.849. The SMILES string of the molecule is N#Cc1cnn(-c2cccc(N)n2)c1. The van der Waals surface area contributed by atoms with E-state index in [0.29, 0.717) is 17.2 Å². The fraction of sp³-hybridized carbons (Fsp3) is 0. The first-order valence-electron chi connectivity index (χ1n) is 3.97. The minimum absolute atomic E-state index is 0.427. The van der Waals surface area contributed by atoms with Gasteiger partial charge in [0.2, 0.25) is 0 Å². The molecule has 0 saturated carbocycles. The summed E-state index contributed by atoms with van der Waals surface area (Å²) in [6.07, 6.45) is 3.08. The van der Waals surface area contributed by atoms with Crippen LogP contribution in [0.15, 0.2) is 30.6 Å². The quantitative estimate of drug-likeness (QED) is 0.709. The van der Waals surface area contributed by atoms with Crippen molar-refractivity contribution in [3.63, 3.8) is 0 Å². The molecule has 0 bridgehead atoms. The van der Waals surface area contributed by atoms with Crippen LogP contribution in [0.5, 0.6) is 0 Å². The Morgan fingerprint density at radius 3 is 2.93 bits per heavy atom. The molecule has 0 fully saturated rings. The predicted octanol–water partition coefficient (Wildman–Crippen LogP) is 0.721. The molecule has 0 aliphatic rings. The van der Waals surface area contributed by atoms with Crippen LogP contribution in [0.2, 0.25) is 0 Å². The molecule has 2 rings (SSSR count). The van der Waals surface area contributed by atoms with Crippen LogP contribution >= 0.6 is 0 Å². The van der Waals surface area contributed by atoms with Crippen LogP contribution in [-0.4, -0.2) is 14.8 Å². The Bertz CT molecular complexity index is 494. The van der Waals surface area contributed by atoms with Gasteiger partial charge in [-0.05, 0) is 12.1 Å². The van der Waals surface area contributed by atoms with Gasteiger partial charge in [-0.15, -0.1) is 0 Å². The average Bonchev–Trinajstić information content (AvgIpc) is 2.66. The summed E-state index contributed by atoms with van der Waals surface area (Å²) in [6.45, 7) is 0. The van der Waals surface area contributed by atoms with Gasteiger partial charge in [0.1, 0.15) is 11.9 Å². The van der Waals surface area contributed by atoms with Crippen LogP contribution in [0.4, 0.5) is 5.82 Å². The smallest absolute Gasteiger partial charge is 0.155 e. The third kappa shape index (κ3) is 1.41. The van der Waals surface area contributed by atoms with Crippen molar-refractivity contribution in [2.75, 3.05) is 5.73 Å². The monoisotopic (exact) mass is 185 g/mol. The molecular weight excluding hydrogens is 178 g/mol. The van der Waals surface area contributed by atoms with Gasteiger partial charge >= 0.3 is 0 Å². The maximum absolute atomic E-state index is 8.60. The lowest BCUT2D eigenvalue weighted by Gasteiger charge is -1.99. The van der Waals surface area contributed by atoms with Crippen molar-refractivity contribution in [2.24, 2.45) is 0 Å². The van der Waals surface area contributed by atoms with E-state index in [1.165, 1.54) is 10.9 Å². The van der Waals surface area contributed by atoms with Crippen molar-refractivity contribution >= 4 is 5.82 Å². The van der Waals surface area contributed by atoms with E-state index in [9.17, 15) is 0 Å². The highest BCUT2D eigenvalue weighted by atomic mass is 15.3. The molecule has 0 atom stereocenters. The molecule has 2 aromatic heterocycles. The Balaban J connectivity index is 2.45. The molecule has 0 aromatic carbocycles. The largest absolute Gasteiger partial charge is 0.384 e. The summed E-state index contributed by atoms with van der Waals surface area (Å²) in [7, 11) is 0. The molecule has 0 spiro atoms. The zero-order valence-electron chi connectivity index (χ0n) is 7.25. The van der Waals surface area contributed by atoms with Gasteiger partial charge < -0.3 is 5.73 Å². The second-order valence-electron chi connectivity index (χ2n) is 2.71. The van der Waals surface area contributed by atoms with Gasteiger partial charge in [-0.1, -0.05) is 6.07 Å². The van der Waals surface area contributed by atoms with Gasteiger partial charge in [0, 0.05) is 0 Å². The van der Waals surface area contributed by atoms with Crippen LogP contribution in [0.3, 0.4) is 0 Å². The van der Waals surface area contributed by atoms with Crippen LogP contribution in [0.1, 0.15) is 5.56 Å². The Labute approximate surface area is 80.4 Å². The van der Waals surface area contributed by atoms with E-state index in [2.05, 4.69) is 10.1 Å². The minimum Gasteiger partial charge on any atom is -0.384 e. The van der Waals surface area contributed by atoms with Gasteiger partial charge in [0.25, 0.3) is 0 Å². The Kier molecular flexibility index (Phi) is 1.88. The maximum atomic E-state index is 8.60. The summed E-state index contributed by atoms with van der Waals surface area (Å²) in [5.74, 6) is 1.03. The first-order valence-corrected chi connectivity index (χ1v) is 3.97. The number of nitrogens with two attached hydrogens (primary N) is 1. The second-order valence-corrected chi connectivity index (χ2v) is 2.71. The van der Waals surface area contributed by atoms with Crippen molar-refractivity contribution in [1.82, 2.24) is 14.8 Å². The molecule has 14 heavy (non-hydrogen) atoms. The van der Waals surface area contributed by atoms with E-state index in [4.69, 9.17) is 11.0 Å². The highest BCUT2D eigenvalue weighted by Crippen LogP contribution is 2.06. The van der Waals surface area contributed by atoms with Crippen LogP contribution in [-0.2, 0) is 0 Å². The molecule has 2 heterocycles. The molecule has 2 N–H and O–H groups in total. The number of anilines is 1. The first kappa shape index (κ1) is 8.26. The lowest BCUT2D eigenvalue weighted by atomic mass is 10.4. The number of pyridine rings is 1. The maximum Gasteiger partial charge on any atom is 0.155 e. The van der Waals surface area contributed by atoms with Crippen molar-refractivity contribution < 1.29 is 0 Å². The summed E-state index contributed by atoms with van der Waals surface area (Å²) < 4.78 is 1.51. The Hall–Kier alpha value is -2.35. The standard InChI is InChI=1S/C9H7N5/c10-4-7-5-12-14(6-7)9-3-1-2-8(11)13-9/h1-3,5-6H,(H2,11,13). The summed E-state index contributed by atoms with van der Waals surface area (Å²) in [5.41, 5.74) is 6.01. The lowest BCUT2D eigenvalue weighted by Crippen LogP contribution is -1.99. The summed E-state index contributed by atoms with van der Waals surface area (Å²) >= 11 is 0. The fourth-order valence-corrected chi connectivity index (χ4v) is 1.07. The molecule has 5 nitrogen and oxygen atoms in total. The summed E-state index contributed by atoms with van der Waals surface area (Å²) in [4.78, 5) is 4.06. The van der Waals surface area contributed by atoms with Crippen LogP contribution in [0.25, 0.3) is 5.82 Å². The normalized spacial score (nSPS) is 9.64. The molecule has 2 aromatic rings. The Morgan fingerprint density at radius 2 is 2.29 bits per heavy atom. The molecule has 0 aliphatic carbocycles. The first-order chi connectivity index (χ1) is 6.79. The van der Waals surface area contributed by atoms with Crippen molar-refractivity contribution in [2.45, 2.75) is 0 Å². The number of hydrogen-bond acceptors (Lipinski definition) is 4. The molecule has 0 unspecified atom stereocenters. The van der Waals surface area contributed by atoms with E-state index in [1.807, 2.05) is 6.07 Å². The second kappa shape index (κ2) is 3.18. The third-order valence-corrected chi connectivity index (χ3v) is 1.70. The van der Waals surface area contributed by atoms with Crippen LogP contribution in [0, 0.1) is 11.3 Å². The highest BCUT2D eigenvalue weighted by molar-refractivity contribution is 5.36. The number of nitrogens with zero attached hydrogens (tertiary/aromatic N) is 4. The molecule has 68 valence electrons. The number of hydrogen-bond donors (Lipinski definition) is 1.